The van der Waals surface area contributed by atoms with Crippen LogP contribution in [-0.2, 0) is 29.5 Å². The van der Waals surface area contributed by atoms with Gasteiger partial charge in [0.2, 0.25) is 16.0 Å². The number of primary sulfonamides is 1. The standard InChI is InChI=1S/C24H23N5O2S/c25-32(30,31)22-10-8-21(9-11-22)27-24-26-14-18-6-3-7-20(23(18)28-24)16-29-13-12-17-4-1-2-5-19(17)15-29/h1-11,14H,12-13,15-16H2,(H2,25,30,31)(H,26,27,28). The van der Waals surface area contributed by atoms with Crippen LogP contribution >= 0.6 is 0 Å². The van der Waals surface area contributed by atoms with E-state index in [-0.39, 0.29) is 4.90 Å². The van der Waals surface area contributed by atoms with E-state index in [4.69, 9.17) is 10.1 Å². The van der Waals surface area contributed by atoms with Crippen LogP contribution < -0.4 is 10.5 Å². The molecule has 0 aliphatic carbocycles. The summed E-state index contributed by atoms with van der Waals surface area (Å²) in [7, 11) is -3.72. The molecule has 5 rings (SSSR count). The highest BCUT2D eigenvalue weighted by Crippen LogP contribution is 2.24. The molecule has 1 aromatic heterocycles. The molecule has 2 heterocycles. The molecule has 4 aromatic rings. The quantitative estimate of drug-likeness (QED) is 0.487. The van der Waals surface area contributed by atoms with Crippen LogP contribution in [0.1, 0.15) is 16.7 Å². The molecule has 32 heavy (non-hydrogen) atoms. The Kier molecular flexibility index (Phi) is 5.34. The Hall–Kier alpha value is -3.33. The molecule has 3 N–H and O–H groups in total. The molecule has 0 spiro atoms. The number of nitrogens with one attached hydrogen (secondary N) is 1. The van der Waals surface area contributed by atoms with Gasteiger partial charge in [-0.2, -0.15) is 0 Å². The highest BCUT2D eigenvalue weighted by atomic mass is 32.2. The maximum atomic E-state index is 11.4. The number of hydrogen-bond acceptors (Lipinski definition) is 6. The van der Waals surface area contributed by atoms with Crippen LogP contribution in [0.2, 0.25) is 0 Å². The zero-order chi connectivity index (χ0) is 22.1. The number of para-hydroxylation sites is 1. The third kappa shape index (κ3) is 4.34. The number of nitrogens with zero attached hydrogens (tertiary/aromatic N) is 3. The predicted octanol–water partition coefficient (Wildman–Crippen LogP) is 3.58. The lowest BCUT2D eigenvalue weighted by Crippen LogP contribution is -2.30. The lowest BCUT2D eigenvalue weighted by molar-refractivity contribution is 0.246. The van der Waals surface area contributed by atoms with Crippen LogP contribution in [0.15, 0.2) is 77.8 Å². The number of anilines is 2. The lowest BCUT2D eigenvalue weighted by atomic mass is 9.99. The molecule has 7 nitrogen and oxygen atoms in total. The van der Waals surface area contributed by atoms with Gasteiger partial charge < -0.3 is 5.32 Å². The van der Waals surface area contributed by atoms with Crippen molar-refractivity contribution in [1.29, 1.82) is 0 Å². The molecule has 0 radical (unpaired) electrons. The normalized spacial score (nSPS) is 14.3. The minimum absolute atomic E-state index is 0.0628. The molecule has 162 valence electrons. The number of nitrogens with two attached hydrogens (primary N) is 1. The van der Waals surface area contributed by atoms with E-state index < -0.39 is 10.0 Å². The first-order valence-corrected chi connectivity index (χ1v) is 11.9. The second-order valence-electron chi connectivity index (χ2n) is 7.97. The Bertz CT molecular complexity index is 1390. The maximum absolute atomic E-state index is 11.4. The molecule has 0 atom stereocenters. The zero-order valence-electron chi connectivity index (χ0n) is 17.4. The van der Waals surface area contributed by atoms with E-state index in [9.17, 15) is 8.42 Å². The van der Waals surface area contributed by atoms with Crippen LogP contribution in [0.4, 0.5) is 11.6 Å². The van der Waals surface area contributed by atoms with E-state index in [1.165, 1.54) is 23.3 Å². The average molecular weight is 446 g/mol. The van der Waals surface area contributed by atoms with Crippen molar-refractivity contribution in [3.05, 3.63) is 89.6 Å². The Morgan fingerprint density at radius 3 is 2.53 bits per heavy atom. The van der Waals surface area contributed by atoms with Crippen LogP contribution in [-0.4, -0.2) is 29.8 Å². The molecule has 0 amide bonds. The Morgan fingerprint density at radius 2 is 1.75 bits per heavy atom. The van der Waals surface area contributed by atoms with E-state index in [0.717, 1.165) is 42.5 Å². The van der Waals surface area contributed by atoms with Gasteiger partial charge >= 0.3 is 0 Å². The lowest BCUT2D eigenvalue weighted by Gasteiger charge is -2.29. The summed E-state index contributed by atoms with van der Waals surface area (Å²) in [5, 5.41) is 9.29. The van der Waals surface area contributed by atoms with Crippen molar-refractivity contribution in [3.8, 4) is 0 Å². The van der Waals surface area contributed by atoms with Gasteiger partial charge in [0.1, 0.15) is 0 Å². The largest absolute Gasteiger partial charge is 0.324 e. The molecule has 0 bridgehead atoms. The van der Waals surface area contributed by atoms with Crippen molar-refractivity contribution in [2.75, 3.05) is 11.9 Å². The van der Waals surface area contributed by atoms with Gasteiger partial charge in [-0.15, -0.1) is 0 Å². The van der Waals surface area contributed by atoms with Crippen LogP contribution in [0.5, 0.6) is 0 Å². The first kappa shape index (κ1) is 20.6. The highest BCUT2D eigenvalue weighted by molar-refractivity contribution is 7.89. The molecule has 3 aromatic carbocycles. The van der Waals surface area contributed by atoms with Gasteiger partial charge in [0.25, 0.3) is 0 Å². The van der Waals surface area contributed by atoms with Crippen molar-refractivity contribution in [3.63, 3.8) is 0 Å². The third-order valence-electron chi connectivity index (χ3n) is 5.74. The minimum atomic E-state index is -3.72. The summed E-state index contributed by atoms with van der Waals surface area (Å²) in [5.41, 5.74) is 5.56. The molecular weight excluding hydrogens is 422 g/mol. The number of rotatable bonds is 5. The molecule has 0 fully saturated rings. The van der Waals surface area contributed by atoms with Gasteiger partial charge in [-0.05, 0) is 47.4 Å². The number of fused-ring (bicyclic) bond motifs is 2. The summed E-state index contributed by atoms with van der Waals surface area (Å²) in [4.78, 5) is 11.7. The van der Waals surface area contributed by atoms with Crippen molar-refractivity contribution >= 4 is 32.6 Å². The third-order valence-corrected chi connectivity index (χ3v) is 6.67. The summed E-state index contributed by atoms with van der Waals surface area (Å²) in [6.07, 6.45) is 2.86. The summed E-state index contributed by atoms with van der Waals surface area (Å²) >= 11 is 0. The van der Waals surface area contributed by atoms with Gasteiger partial charge in [-0.1, -0.05) is 42.5 Å². The molecule has 0 saturated heterocycles. The van der Waals surface area contributed by atoms with E-state index in [1.54, 1.807) is 18.3 Å². The highest BCUT2D eigenvalue weighted by Gasteiger charge is 2.17. The topological polar surface area (TPSA) is 101 Å². The average Bonchev–Trinajstić information content (AvgIpc) is 2.79. The minimum Gasteiger partial charge on any atom is -0.324 e. The van der Waals surface area contributed by atoms with Crippen LogP contribution in [0.3, 0.4) is 0 Å². The fourth-order valence-electron chi connectivity index (χ4n) is 4.09. The van der Waals surface area contributed by atoms with Gasteiger partial charge in [0.15, 0.2) is 0 Å². The Balaban J connectivity index is 1.39. The van der Waals surface area contributed by atoms with Gasteiger partial charge in [-0.25, -0.2) is 23.5 Å². The zero-order valence-corrected chi connectivity index (χ0v) is 18.2. The van der Waals surface area contributed by atoms with Crippen molar-refractivity contribution in [2.24, 2.45) is 5.14 Å². The van der Waals surface area contributed by atoms with E-state index >= 15 is 0 Å². The van der Waals surface area contributed by atoms with E-state index in [0.29, 0.717) is 11.6 Å². The van der Waals surface area contributed by atoms with Gasteiger partial charge in [0.05, 0.1) is 10.4 Å². The van der Waals surface area contributed by atoms with E-state index in [1.807, 2.05) is 12.1 Å². The van der Waals surface area contributed by atoms with Crippen LogP contribution in [0, 0.1) is 0 Å². The molecule has 0 saturated carbocycles. The number of sulfonamides is 1. The molecule has 1 aliphatic rings. The number of benzene rings is 3. The monoisotopic (exact) mass is 445 g/mol. The van der Waals surface area contributed by atoms with Crippen molar-refractivity contribution in [2.45, 2.75) is 24.4 Å². The first-order valence-electron chi connectivity index (χ1n) is 10.4. The molecule has 0 unspecified atom stereocenters. The predicted molar refractivity (Wildman–Crippen MR) is 125 cm³/mol. The first-order chi connectivity index (χ1) is 15.5. The Labute approximate surface area is 187 Å². The van der Waals surface area contributed by atoms with Crippen molar-refractivity contribution in [1.82, 2.24) is 14.9 Å². The maximum Gasteiger partial charge on any atom is 0.238 e. The van der Waals surface area contributed by atoms with E-state index in [2.05, 4.69) is 45.5 Å². The van der Waals surface area contributed by atoms with Gasteiger partial charge in [-0.3, -0.25) is 4.90 Å². The second kappa shape index (κ2) is 8.31. The van der Waals surface area contributed by atoms with Gasteiger partial charge in [0, 0.05) is 36.9 Å². The number of hydrogen-bond donors (Lipinski definition) is 2. The fourth-order valence-corrected chi connectivity index (χ4v) is 4.61. The summed E-state index contributed by atoms with van der Waals surface area (Å²) in [6.45, 7) is 2.75. The Morgan fingerprint density at radius 1 is 0.969 bits per heavy atom. The molecule has 1 aliphatic heterocycles. The summed E-state index contributed by atoms with van der Waals surface area (Å²) in [5.74, 6) is 0.456. The smallest absolute Gasteiger partial charge is 0.238 e. The molecule has 8 heteroatoms. The fraction of sp³-hybridized carbons (Fsp3) is 0.167. The second-order valence-corrected chi connectivity index (χ2v) is 9.53. The SMILES string of the molecule is NS(=O)(=O)c1ccc(Nc2ncc3cccc(CN4CCc5ccccc5C4)c3n2)cc1. The summed E-state index contributed by atoms with van der Waals surface area (Å²) in [6, 6.07) is 21.0. The summed E-state index contributed by atoms with van der Waals surface area (Å²) < 4.78 is 22.9. The number of aromatic nitrogens is 2. The van der Waals surface area contributed by atoms with Crippen molar-refractivity contribution < 1.29 is 8.42 Å². The van der Waals surface area contributed by atoms with Crippen LogP contribution in [0.25, 0.3) is 10.9 Å². The molecular formula is C24H23N5O2S.